The predicted molar refractivity (Wildman–Crippen MR) is 82.4 cm³/mol. The molecule has 0 aromatic carbocycles. The van der Waals surface area contributed by atoms with Crippen molar-refractivity contribution in [3.63, 3.8) is 0 Å². The number of hydrogen-bond donors (Lipinski definition) is 1. The summed E-state index contributed by atoms with van der Waals surface area (Å²) in [6, 6.07) is 0.168. The van der Waals surface area contributed by atoms with E-state index in [2.05, 4.69) is 11.9 Å². The van der Waals surface area contributed by atoms with E-state index in [4.69, 9.17) is 5.11 Å². The fourth-order valence-corrected chi connectivity index (χ4v) is 2.65. The van der Waals surface area contributed by atoms with Crippen molar-refractivity contribution in [2.24, 2.45) is 0 Å². The number of piperidine rings is 1. The normalized spacial score (nSPS) is 17.6. The van der Waals surface area contributed by atoms with Crippen molar-refractivity contribution >= 4 is 12.0 Å². The van der Waals surface area contributed by atoms with Crippen molar-refractivity contribution in [1.29, 1.82) is 0 Å². The molecule has 0 spiro atoms. The molecule has 0 atom stereocenters. The van der Waals surface area contributed by atoms with Gasteiger partial charge in [0, 0.05) is 25.2 Å². The van der Waals surface area contributed by atoms with Crippen LogP contribution in [0.15, 0.2) is 0 Å². The van der Waals surface area contributed by atoms with Gasteiger partial charge in [0.1, 0.15) is 0 Å². The van der Waals surface area contributed by atoms with Crippen LogP contribution in [0.4, 0.5) is 4.79 Å². The second-order valence-electron chi connectivity index (χ2n) is 6.89. The fourth-order valence-electron chi connectivity index (χ4n) is 2.65. The Hall–Kier alpha value is -1.30. The average molecular weight is 299 g/mol. The first kappa shape index (κ1) is 17.8. The molecule has 6 nitrogen and oxygen atoms in total. The molecule has 1 rings (SSSR count). The number of hydrogen-bond acceptors (Lipinski definition) is 3. The van der Waals surface area contributed by atoms with E-state index in [1.165, 1.54) is 0 Å². The zero-order chi connectivity index (χ0) is 16.2. The summed E-state index contributed by atoms with van der Waals surface area (Å²) in [5, 5.41) is 8.87. The van der Waals surface area contributed by atoms with Crippen LogP contribution in [0.25, 0.3) is 0 Å². The van der Waals surface area contributed by atoms with Gasteiger partial charge >= 0.3 is 12.0 Å². The average Bonchev–Trinajstić information content (AvgIpc) is 2.36. The summed E-state index contributed by atoms with van der Waals surface area (Å²) >= 11 is 0. The maximum Gasteiger partial charge on any atom is 0.320 e. The maximum atomic E-state index is 12.7. The van der Waals surface area contributed by atoms with E-state index in [1.54, 1.807) is 9.80 Å². The third-order valence-electron chi connectivity index (χ3n) is 4.13. The predicted octanol–water partition coefficient (Wildman–Crippen LogP) is 1.71. The van der Waals surface area contributed by atoms with Crippen molar-refractivity contribution < 1.29 is 14.7 Å². The molecule has 1 aliphatic heterocycles. The lowest BCUT2D eigenvalue weighted by atomic mass is 10.0. The molecule has 6 heteroatoms. The van der Waals surface area contributed by atoms with Gasteiger partial charge in [0.15, 0.2) is 0 Å². The van der Waals surface area contributed by atoms with Crippen molar-refractivity contribution in [3.8, 4) is 0 Å². The van der Waals surface area contributed by atoms with Gasteiger partial charge in [-0.05, 0) is 53.8 Å². The molecule has 0 aromatic heterocycles. The summed E-state index contributed by atoms with van der Waals surface area (Å²) in [4.78, 5) is 29.3. The van der Waals surface area contributed by atoms with Gasteiger partial charge in [0.25, 0.3) is 0 Å². The highest BCUT2D eigenvalue weighted by Crippen LogP contribution is 2.20. The molecule has 122 valence electrons. The minimum Gasteiger partial charge on any atom is -0.481 e. The van der Waals surface area contributed by atoms with Crippen LogP contribution >= 0.6 is 0 Å². The largest absolute Gasteiger partial charge is 0.481 e. The fraction of sp³-hybridized carbons (Fsp3) is 0.867. The number of carboxylic acids is 1. The molecule has 0 radical (unpaired) electrons. The standard InChI is InChI=1S/C15H29N3O3/c1-15(2,3)18(11-8-13(19)20)14(21)17(5)12-6-9-16(4)10-7-12/h12H,6-11H2,1-5H3,(H,19,20). The van der Waals surface area contributed by atoms with Crippen molar-refractivity contribution in [2.45, 2.75) is 51.6 Å². The number of urea groups is 1. The quantitative estimate of drug-likeness (QED) is 0.858. The number of rotatable bonds is 4. The number of nitrogens with zero attached hydrogens (tertiary/aromatic N) is 3. The van der Waals surface area contributed by atoms with Crippen LogP contribution in [-0.4, -0.2) is 77.1 Å². The van der Waals surface area contributed by atoms with Crippen LogP contribution in [0.1, 0.15) is 40.0 Å². The van der Waals surface area contributed by atoms with Gasteiger partial charge < -0.3 is 19.8 Å². The molecular formula is C15H29N3O3. The monoisotopic (exact) mass is 299 g/mol. The van der Waals surface area contributed by atoms with Gasteiger partial charge in [-0.1, -0.05) is 0 Å². The van der Waals surface area contributed by atoms with Crippen LogP contribution in [0, 0.1) is 0 Å². The Bertz CT molecular complexity index is 371. The number of amides is 2. The highest BCUT2D eigenvalue weighted by Gasteiger charge is 2.32. The summed E-state index contributed by atoms with van der Waals surface area (Å²) < 4.78 is 0. The summed E-state index contributed by atoms with van der Waals surface area (Å²) in [6.45, 7) is 8.05. The van der Waals surface area contributed by atoms with Crippen LogP contribution in [0.3, 0.4) is 0 Å². The summed E-state index contributed by atoms with van der Waals surface area (Å²) in [6.07, 6.45) is 1.91. The molecule has 0 unspecified atom stereocenters. The van der Waals surface area contributed by atoms with Crippen LogP contribution in [0.2, 0.25) is 0 Å². The topological polar surface area (TPSA) is 64.1 Å². The van der Waals surface area contributed by atoms with Crippen LogP contribution in [-0.2, 0) is 4.79 Å². The van der Waals surface area contributed by atoms with E-state index in [9.17, 15) is 9.59 Å². The van der Waals surface area contributed by atoms with Crippen molar-refractivity contribution in [1.82, 2.24) is 14.7 Å². The first-order chi connectivity index (χ1) is 9.62. The molecule has 0 saturated carbocycles. The molecule has 1 saturated heterocycles. The van der Waals surface area contributed by atoms with Gasteiger partial charge in [-0.25, -0.2) is 4.79 Å². The molecule has 0 bridgehead atoms. The molecular weight excluding hydrogens is 270 g/mol. The van der Waals surface area contributed by atoms with Gasteiger partial charge in [0.05, 0.1) is 6.42 Å². The van der Waals surface area contributed by atoms with E-state index in [-0.39, 0.29) is 30.6 Å². The highest BCUT2D eigenvalue weighted by atomic mass is 16.4. The lowest BCUT2D eigenvalue weighted by Crippen LogP contribution is -2.55. The number of likely N-dealkylation sites (tertiary alicyclic amines) is 1. The van der Waals surface area contributed by atoms with Gasteiger partial charge in [0.2, 0.25) is 0 Å². The third kappa shape index (κ3) is 5.19. The van der Waals surface area contributed by atoms with E-state index in [0.29, 0.717) is 0 Å². The van der Waals surface area contributed by atoms with E-state index in [0.717, 1.165) is 25.9 Å². The SMILES string of the molecule is CN1CCC(N(C)C(=O)N(CCC(=O)O)C(C)(C)C)CC1. The number of aliphatic carboxylic acids is 1. The minimum absolute atomic E-state index is 0.0236. The van der Waals surface area contributed by atoms with Gasteiger partial charge in [-0.15, -0.1) is 0 Å². The Kier molecular flexibility index (Phi) is 6.01. The summed E-state index contributed by atoms with van der Waals surface area (Å²) in [7, 11) is 3.92. The number of carbonyl (C=O) groups excluding carboxylic acids is 1. The van der Waals surface area contributed by atoms with Gasteiger partial charge in [-0.3, -0.25) is 4.79 Å². The van der Waals surface area contributed by atoms with E-state index >= 15 is 0 Å². The Balaban J connectivity index is 2.72. The zero-order valence-electron chi connectivity index (χ0n) is 13.9. The molecule has 1 heterocycles. The second-order valence-corrected chi connectivity index (χ2v) is 6.89. The molecule has 21 heavy (non-hydrogen) atoms. The lowest BCUT2D eigenvalue weighted by molar-refractivity contribution is -0.137. The second kappa shape index (κ2) is 7.11. The highest BCUT2D eigenvalue weighted by molar-refractivity contribution is 5.76. The molecule has 2 amide bonds. The number of carboxylic acid groups (broad SMARTS) is 1. The molecule has 1 fully saturated rings. The summed E-state index contributed by atoms with van der Waals surface area (Å²) in [5.74, 6) is -0.876. The Morgan fingerprint density at radius 2 is 1.76 bits per heavy atom. The minimum atomic E-state index is -0.876. The first-order valence-electron chi connectivity index (χ1n) is 7.57. The Labute approximate surface area is 127 Å². The van der Waals surface area contributed by atoms with Gasteiger partial charge in [-0.2, -0.15) is 0 Å². The van der Waals surface area contributed by atoms with Crippen molar-refractivity contribution in [2.75, 3.05) is 33.7 Å². The smallest absolute Gasteiger partial charge is 0.320 e. The van der Waals surface area contributed by atoms with Crippen LogP contribution in [0.5, 0.6) is 0 Å². The van der Waals surface area contributed by atoms with Crippen molar-refractivity contribution in [3.05, 3.63) is 0 Å². The Morgan fingerprint density at radius 3 is 2.19 bits per heavy atom. The zero-order valence-corrected chi connectivity index (χ0v) is 13.9. The lowest BCUT2D eigenvalue weighted by Gasteiger charge is -2.42. The molecule has 0 aromatic rings. The summed E-state index contributed by atoms with van der Waals surface area (Å²) in [5.41, 5.74) is -0.383. The Morgan fingerprint density at radius 1 is 1.24 bits per heavy atom. The van der Waals surface area contributed by atoms with Crippen LogP contribution < -0.4 is 0 Å². The van der Waals surface area contributed by atoms with E-state index < -0.39 is 5.97 Å². The molecule has 0 aliphatic carbocycles. The number of carbonyl (C=O) groups is 2. The van der Waals surface area contributed by atoms with E-state index in [1.807, 2.05) is 27.8 Å². The maximum absolute atomic E-state index is 12.7. The third-order valence-corrected chi connectivity index (χ3v) is 4.13. The molecule has 1 aliphatic rings. The first-order valence-corrected chi connectivity index (χ1v) is 7.57. The molecule has 1 N–H and O–H groups in total.